The third kappa shape index (κ3) is 3.97. The molecule has 1 aromatic carbocycles. The summed E-state index contributed by atoms with van der Waals surface area (Å²) in [5.41, 5.74) is 1.77. The summed E-state index contributed by atoms with van der Waals surface area (Å²) in [7, 11) is 1.61. The van der Waals surface area contributed by atoms with Crippen molar-refractivity contribution in [1.29, 1.82) is 5.26 Å². The lowest BCUT2D eigenvalue weighted by Crippen LogP contribution is -2.28. The average Bonchev–Trinajstić information content (AvgIpc) is 3.26. The maximum Gasteiger partial charge on any atom is 0.136 e. The summed E-state index contributed by atoms with van der Waals surface area (Å²) in [4.78, 5) is 0. The van der Waals surface area contributed by atoms with Crippen molar-refractivity contribution in [3.63, 3.8) is 0 Å². The Bertz CT molecular complexity index is 460. The molecule has 2 rings (SSSR count). The van der Waals surface area contributed by atoms with Crippen molar-refractivity contribution in [2.45, 2.75) is 45.2 Å². The van der Waals surface area contributed by atoms with E-state index in [0.717, 1.165) is 12.5 Å². The van der Waals surface area contributed by atoms with Gasteiger partial charge in [-0.2, -0.15) is 5.26 Å². The Balaban J connectivity index is 1.92. The molecule has 0 aliphatic heterocycles. The Hall–Kier alpha value is -1.53. The number of rotatable bonds is 7. The predicted molar refractivity (Wildman–Crippen MR) is 76.0 cm³/mol. The van der Waals surface area contributed by atoms with Gasteiger partial charge in [0.2, 0.25) is 0 Å². The molecule has 0 spiro atoms. The monoisotopic (exact) mass is 258 g/mol. The summed E-state index contributed by atoms with van der Waals surface area (Å²) in [6, 6.07) is 8.53. The van der Waals surface area contributed by atoms with Crippen LogP contribution in [0.2, 0.25) is 0 Å². The number of hydrogen-bond acceptors (Lipinski definition) is 3. The van der Waals surface area contributed by atoms with Gasteiger partial charge in [-0.3, -0.25) is 0 Å². The van der Waals surface area contributed by atoms with Crippen molar-refractivity contribution in [2.75, 3.05) is 7.11 Å². The molecule has 1 aromatic rings. The number of ether oxygens (including phenoxy) is 1. The van der Waals surface area contributed by atoms with Crippen LogP contribution >= 0.6 is 0 Å². The van der Waals surface area contributed by atoms with Gasteiger partial charge < -0.3 is 10.1 Å². The van der Waals surface area contributed by atoms with Crippen LogP contribution in [0.3, 0.4) is 0 Å². The molecule has 19 heavy (non-hydrogen) atoms. The minimum atomic E-state index is 0.594. The highest BCUT2D eigenvalue weighted by atomic mass is 16.5. The van der Waals surface area contributed by atoms with E-state index in [2.05, 4.69) is 18.3 Å². The summed E-state index contributed by atoms with van der Waals surface area (Å²) >= 11 is 0. The second-order valence-electron chi connectivity index (χ2n) is 5.31. The van der Waals surface area contributed by atoms with Crippen molar-refractivity contribution in [3.05, 3.63) is 29.3 Å². The highest BCUT2D eigenvalue weighted by Gasteiger charge is 2.24. The van der Waals surface area contributed by atoms with Gasteiger partial charge in [0.1, 0.15) is 11.8 Å². The summed E-state index contributed by atoms with van der Waals surface area (Å²) in [6.07, 6.45) is 5.28. The highest BCUT2D eigenvalue weighted by Crippen LogP contribution is 2.34. The molecule has 1 N–H and O–H groups in total. The lowest BCUT2D eigenvalue weighted by Gasteiger charge is -2.17. The van der Waals surface area contributed by atoms with E-state index >= 15 is 0 Å². The molecule has 0 bridgehead atoms. The van der Waals surface area contributed by atoms with Crippen LogP contribution in [0.5, 0.6) is 5.75 Å². The molecule has 0 heterocycles. The van der Waals surface area contributed by atoms with Crippen molar-refractivity contribution < 1.29 is 4.74 Å². The van der Waals surface area contributed by atoms with Crippen molar-refractivity contribution >= 4 is 0 Å². The molecule has 1 aliphatic rings. The fourth-order valence-electron chi connectivity index (χ4n) is 2.35. The first-order valence-corrected chi connectivity index (χ1v) is 7.07. The zero-order valence-electron chi connectivity index (χ0n) is 11.8. The molecule has 1 saturated carbocycles. The molecule has 3 nitrogen and oxygen atoms in total. The van der Waals surface area contributed by atoms with Crippen molar-refractivity contribution in [3.8, 4) is 11.8 Å². The quantitative estimate of drug-likeness (QED) is 0.816. The number of nitrogens with one attached hydrogen (secondary N) is 1. The van der Waals surface area contributed by atoms with Gasteiger partial charge in [0.25, 0.3) is 0 Å². The largest absolute Gasteiger partial charge is 0.495 e. The molecule has 0 amide bonds. The van der Waals surface area contributed by atoms with Crippen molar-refractivity contribution in [2.24, 2.45) is 5.92 Å². The van der Waals surface area contributed by atoms with Crippen LogP contribution in [0.1, 0.15) is 43.7 Å². The maximum absolute atomic E-state index is 8.96. The van der Waals surface area contributed by atoms with Gasteiger partial charge in [-0.1, -0.05) is 25.8 Å². The molecule has 0 aromatic heterocycles. The third-order valence-electron chi connectivity index (χ3n) is 3.79. The molecule has 0 radical (unpaired) electrons. The minimum absolute atomic E-state index is 0.594. The Kier molecular flexibility index (Phi) is 4.81. The zero-order chi connectivity index (χ0) is 13.7. The van der Waals surface area contributed by atoms with E-state index in [-0.39, 0.29) is 0 Å². The first kappa shape index (κ1) is 13.9. The van der Waals surface area contributed by atoms with Gasteiger partial charge in [0, 0.05) is 12.6 Å². The normalized spacial score (nSPS) is 15.8. The SMILES string of the molecule is CCC(CC1CC1)NCc1ccc(C#N)c(OC)c1. The fourth-order valence-corrected chi connectivity index (χ4v) is 2.35. The van der Waals surface area contributed by atoms with Gasteiger partial charge in [0.05, 0.1) is 12.7 Å². The second kappa shape index (κ2) is 6.58. The van der Waals surface area contributed by atoms with E-state index in [1.807, 2.05) is 18.2 Å². The molecular weight excluding hydrogens is 236 g/mol. The molecule has 3 heteroatoms. The molecule has 1 aliphatic carbocycles. The van der Waals surface area contributed by atoms with E-state index in [9.17, 15) is 0 Å². The Morgan fingerprint density at radius 2 is 2.26 bits per heavy atom. The van der Waals surface area contributed by atoms with Gasteiger partial charge in [0.15, 0.2) is 0 Å². The third-order valence-corrected chi connectivity index (χ3v) is 3.79. The van der Waals surface area contributed by atoms with E-state index in [1.165, 1.54) is 31.2 Å². The van der Waals surface area contributed by atoms with Crippen LogP contribution < -0.4 is 10.1 Å². The second-order valence-corrected chi connectivity index (χ2v) is 5.31. The lowest BCUT2D eigenvalue weighted by atomic mass is 10.1. The topological polar surface area (TPSA) is 45.0 Å². The fraction of sp³-hybridized carbons (Fsp3) is 0.562. The summed E-state index contributed by atoms with van der Waals surface area (Å²) in [6.45, 7) is 3.08. The summed E-state index contributed by atoms with van der Waals surface area (Å²) in [5, 5.41) is 12.6. The molecule has 1 unspecified atom stereocenters. The van der Waals surface area contributed by atoms with E-state index in [0.29, 0.717) is 17.4 Å². The maximum atomic E-state index is 8.96. The molecule has 102 valence electrons. The number of benzene rings is 1. The highest BCUT2D eigenvalue weighted by molar-refractivity contribution is 5.45. The molecule has 0 saturated heterocycles. The predicted octanol–water partition coefficient (Wildman–Crippen LogP) is 3.24. The van der Waals surface area contributed by atoms with E-state index in [1.54, 1.807) is 7.11 Å². The molecule has 1 fully saturated rings. The van der Waals surface area contributed by atoms with Gasteiger partial charge in [-0.15, -0.1) is 0 Å². The Morgan fingerprint density at radius 1 is 1.47 bits per heavy atom. The first-order chi connectivity index (χ1) is 9.26. The van der Waals surface area contributed by atoms with Crippen LogP contribution in [-0.2, 0) is 6.54 Å². The molecule has 1 atom stereocenters. The summed E-state index contributed by atoms with van der Waals surface area (Å²) in [5.74, 6) is 1.62. The van der Waals surface area contributed by atoms with Crippen LogP contribution in [0.15, 0.2) is 18.2 Å². The number of hydrogen-bond donors (Lipinski definition) is 1. The standard InChI is InChI=1S/C16H22N2O/c1-3-15(8-12-4-5-12)18-11-13-6-7-14(10-17)16(9-13)19-2/h6-7,9,12,15,18H,3-5,8,11H2,1-2H3. The zero-order valence-corrected chi connectivity index (χ0v) is 11.8. The summed E-state index contributed by atoms with van der Waals surface area (Å²) < 4.78 is 5.23. The van der Waals surface area contributed by atoms with Gasteiger partial charge in [-0.05, 0) is 36.5 Å². The van der Waals surface area contributed by atoms with Gasteiger partial charge >= 0.3 is 0 Å². The lowest BCUT2D eigenvalue weighted by molar-refractivity contribution is 0.411. The number of nitrogens with zero attached hydrogens (tertiary/aromatic N) is 1. The van der Waals surface area contributed by atoms with Crippen LogP contribution in [0.4, 0.5) is 0 Å². The van der Waals surface area contributed by atoms with Crippen molar-refractivity contribution in [1.82, 2.24) is 5.32 Å². The Morgan fingerprint density at radius 3 is 2.84 bits per heavy atom. The molecular formula is C16H22N2O. The first-order valence-electron chi connectivity index (χ1n) is 7.07. The van der Waals surface area contributed by atoms with Gasteiger partial charge in [-0.25, -0.2) is 0 Å². The van der Waals surface area contributed by atoms with Crippen LogP contribution in [-0.4, -0.2) is 13.2 Å². The minimum Gasteiger partial charge on any atom is -0.495 e. The number of methoxy groups -OCH3 is 1. The Labute approximate surface area is 115 Å². The smallest absolute Gasteiger partial charge is 0.136 e. The van der Waals surface area contributed by atoms with Crippen LogP contribution in [0, 0.1) is 17.2 Å². The van der Waals surface area contributed by atoms with E-state index in [4.69, 9.17) is 10.00 Å². The van der Waals surface area contributed by atoms with Crippen LogP contribution in [0.25, 0.3) is 0 Å². The average molecular weight is 258 g/mol. The number of nitriles is 1. The van der Waals surface area contributed by atoms with E-state index < -0.39 is 0 Å².